The van der Waals surface area contributed by atoms with Gasteiger partial charge in [0, 0.05) is 32.0 Å². The summed E-state index contributed by atoms with van der Waals surface area (Å²) in [5.74, 6) is -2.06. The summed E-state index contributed by atoms with van der Waals surface area (Å²) >= 11 is 0. The molecule has 1 aromatic heterocycles. The molecule has 0 atom stereocenters. The summed E-state index contributed by atoms with van der Waals surface area (Å²) in [7, 11) is 0. The van der Waals surface area contributed by atoms with Gasteiger partial charge in [-0.15, -0.1) is 0 Å². The lowest BCUT2D eigenvalue weighted by Crippen LogP contribution is -2.47. The summed E-state index contributed by atoms with van der Waals surface area (Å²) < 4.78 is 37.4. The highest BCUT2D eigenvalue weighted by Gasteiger charge is 2.42. The van der Waals surface area contributed by atoms with Crippen molar-refractivity contribution in [3.63, 3.8) is 0 Å². The Bertz CT molecular complexity index is 825. The fourth-order valence-corrected chi connectivity index (χ4v) is 4.25. The van der Waals surface area contributed by atoms with Gasteiger partial charge in [-0.05, 0) is 31.2 Å². The number of aromatic nitrogens is 2. The molecule has 2 heterocycles. The molecule has 29 heavy (non-hydrogen) atoms. The molecule has 1 aliphatic heterocycles. The standard InChI is InChI=1S/C21H25F2N3O3/c22-21(23)8-6-15(7-9-21)18-25-17(29-26-18)14-24-19(27)20(10-12-28-13-11-20)16-4-2-1-3-5-16/h1-5,15H,6-14H2,(H,24,27). The molecule has 1 saturated heterocycles. The molecule has 0 bridgehead atoms. The number of hydrogen-bond donors (Lipinski definition) is 1. The minimum absolute atomic E-state index is 0.0935. The van der Waals surface area contributed by atoms with Crippen molar-refractivity contribution in [3.8, 4) is 0 Å². The Labute approximate surface area is 168 Å². The number of hydrogen-bond acceptors (Lipinski definition) is 5. The van der Waals surface area contributed by atoms with Crippen molar-refractivity contribution in [3.05, 3.63) is 47.6 Å². The predicted octanol–water partition coefficient (Wildman–Crippen LogP) is 3.73. The van der Waals surface area contributed by atoms with E-state index in [4.69, 9.17) is 9.26 Å². The van der Waals surface area contributed by atoms with E-state index >= 15 is 0 Å². The predicted molar refractivity (Wildman–Crippen MR) is 100 cm³/mol. The zero-order valence-electron chi connectivity index (χ0n) is 16.2. The van der Waals surface area contributed by atoms with Crippen molar-refractivity contribution >= 4 is 5.91 Å². The van der Waals surface area contributed by atoms with Crippen molar-refractivity contribution in [1.82, 2.24) is 15.5 Å². The molecule has 0 spiro atoms. The first-order chi connectivity index (χ1) is 14.0. The quantitative estimate of drug-likeness (QED) is 0.820. The van der Waals surface area contributed by atoms with Gasteiger partial charge in [-0.25, -0.2) is 8.78 Å². The second kappa shape index (κ2) is 8.18. The molecule has 1 aromatic carbocycles. The molecule has 2 aromatic rings. The van der Waals surface area contributed by atoms with Gasteiger partial charge in [-0.3, -0.25) is 4.79 Å². The summed E-state index contributed by atoms with van der Waals surface area (Å²) in [6.45, 7) is 1.17. The summed E-state index contributed by atoms with van der Waals surface area (Å²) in [6.07, 6.45) is 1.59. The molecule has 2 aliphatic rings. The molecular formula is C21H25F2N3O3. The van der Waals surface area contributed by atoms with E-state index in [1.807, 2.05) is 30.3 Å². The molecule has 1 amide bonds. The highest BCUT2D eigenvalue weighted by atomic mass is 19.3. The van der Waals surface area contributed by atoms with Crippen LogP contribution in [-0.2, 0) is 21.5 Å². The number of nitrogens with one attached hydrogen (secondary N) is 1. The van der Waals surface area contributed by atoms with Crippen LogP contribution in [0.25, 0.3) is 0 Å². The Hall–Kier alpha value is -2.35. The van der Waals surface area contributed by atoms with Gasteiger partial charge >= 0.3 is 0 Å². The highest BCUT2D eigenvalue weighted by molar-refractivity contribution is 5.88. The largest absolute Gasteiger partial charge is 0.381 e. The first-order valence-corrected chi connectivity index (χ1v) is 10.1. The number of carbonyl (C=O) groups is 1. The van der Waals surface area contributed by atoms with Gasteiger partial charge in [0.1, 0.15) is 0 Å². The normalized spacial score (nSPS) is 21.6. The van der Waals surface area contributed by atoms with Crippen LogP contribution in [0, 0.1) is 0 Å². The first kappa shape index (κ1) is 19.9. The Morgan fingerprint density at radius 1 is 1.10 bits per heavy atom. The van der Waals surface area contributed by atoms with Crippen LogP contribution in [0.2, 0.25) is 0 Å². The molecular weight excluding hydrogens is 380 g/mol. The molecule has 1 aliphatic carbocycles. The van der Waals surface area contributed by atoms with E-state index in [1.165, 1.54) is 0 Å². The van der Waals surface area contributed by atoms with Gasteiger partial charge in [-0.1, -0.05) is 35.5 Å². The number of nitrogens with zero attached hydrogens (tertiary/aromatic N) is 2. The lowest BCUT2D eigenvalue weighted by molar-refractivity contribution is -0.130. The van der Waals surface area contributed by atoms with Crippen LogP contribution < -0.4 is 5.32 Å². The van der Waals surface area contributed by atoms with Gasteiger partial charge in [0.2, 0.25) is 17.7 Å². The van der Waals surface area contributed by atoms with Crippen LogP contribution in [0.3, 0.4) is 0 Å². The molecule has 1 N–H and O–H groups in total. The summed E-state index contributed by atoms with van der Waals surface area (Å²) in [5.41, 5.74) is 0.326. The van der Waals surface area contributed by atoms with E-state index in [2.05, 4.69) is 15.5 Å². The van der Waals surface area contributed by atoms with Crippen LogP contribution in [-0.4, -0.2) is 35.2 Å². The van der Waals surface area contributed by atoms with Crippen LogP contribution in [0.4, 0.5) is 8.78 Å². The Morgan fingerprint density at radius 2 is 1.79 bits per heavy atom. The molecule has 4 rings (SSSR count). The molecule has 156 valence electrons. The van der Waals surface area contributed by atoms with E-state index in [0.29, 0.717) is 50.6 Å². The van der Waals surface area contributed by atoms with E-state index in [1.54, 1.807) is 0 Å². The number of benzene rings is 1. The third-order valence-corrected chi connectivity index (χ3v) is 6.07. The summed E-state index contributed by atoms with van der Waals surface area (Å²) in [6, 6.07) is 9.72. The fraction of sp³-hybridized carbons (Fsp3) is 0.571. The lowest BCUT2D eigenvalue weighted by atomic mass is 9.73. The van der Waals surface area contributed by atoms with Gasteiger partial charge in [-0.2, -0.15) is 4.98 Å². The van der Waals surface area contributed by atoms with Crippen molar-refractivity contribution < 1.29 is 22.8 Å². The van der Waals surface area contributed by atoms with Crippen molar-refractivity contribution in [2.45, 2.75) is 62.3 Å². The molecule has 0 unspecified atom stereocenters. The smallest absolute Gasteiger partial charge is 0.248 e. The SMILES string of the molecule is O=C(NCc1nc(C2CCC(F)(F)CC2)no1)C1(c2ccccc2)CCOCC1. The second-order valence-corrected chi connectivity index (χ2v) is 7.92. The van der Waals surface area contributed by atoms with Gasteiger partial charge in [0.05, 0.1) is 12.0 Å². The van der Waals surface area contributed by atoms with Gasteiger partial charge in [0.15, 0.2) is 5.82 Å². The van der Waals surface area contributed by atoms with Crippen LogP contribution in [0.15, 0.2) is 34.9 Å². The molecule has 2 fully saturated rings. The van der Waals surface area contributed by atoms with Crippen LogP contribution in [0.5, 0.6) is 0 Å². The van der Waals surface area contributed by atoms with E-state index in [-0.39, 0.29) is 31.2 Å². The maximum atomic E-state index is 13.3. The zero-order valence-corrected chi connectivity index (χ0v) is 16.2. The third kappa shape index (κ3) is 4.32. The zero-order chi connectivity index (χ0) is 20.3. The topological polar surface area (TPSA) is 77.3 Å². The maximum Gasteiger partial charge on any atom is 0.248 e. The Balaban J connectivity index is 1.41. The average Bonchev–Trinajstić information content (AvgIpc) is 3.22. The average molecular weight is 405 g/mol. The van der Waals surface area contributed by atoms with Gasteiger partial charge < -0.3 is 14.6 Å². The lowest BCUT2D eigenvalue weighted by Gasteiger charge is -2.36. The van der Waals surface area contributed by atoms with Crippen LogP contribution in [0.1, 0.15) is 61.7 Å². The number of alkyl halides is 2. The van der Waals surface area contributed by atoms with E-state index < -0.39 is 11.3 Å². The first-order valence-electron chi connectivity index (χ1n) is 10.1. The number of rotatable bonds is 5. The number of halogens is 2. The Morgan fingerprint density at radius 3 is 2.48 bits per heavy atom. The number of amides is 1. The van der Waals surface area contributed by atoms with Crippen molar-refractivity contribution in [2.24, 2.45) is 0 Å². The number of carbonyl (C=O) groups excluding carboxylic acids is 1. The number of ether oxygens (including phenoxy) is 1. The minimum atomic E-state index is -2.59. The second-order valence-electron chi connectivity index (χ2n) is 7.92. The minimum Gasteiger partial charge on any atom is -0.381 e. The molecule has 0 radical (unpaired) electrons. The highest BCUT2D eigenvalue weighted by Crippen LogP contribution is 2.40. The fourth-order valence-electron chi connectivity index (χ4n) is 4.25. The maximum absolute atomic E-state index is 13.3. The summed E-state index contributed by atoms with van der Waals surface area (Å²) in [5, 5.41) is 6.88. The van der Waals surface area contributed by atoms with E-state index in [9.17, 15) is 13.6 Å². The van der Waals surface area contributed by atoms with Crippen molar-refractivity contribution in [1.29, 1.82) is 0 Å². The van der Waals surface area contributed by atoms with E-state index in [0.717, 1.165) is 5.56 Å². The van der Waals surface area contributed by atoms with Crippen molar-refractivity contribution in [2.75, 3.05) is 13.2 Å². The monoisotopic (exact) mass is 405 g/mol. The Kier molecular flexibility index (Phi) is 5.63. The summed E-state index contributed by atoms with van der Waals surface area (Å²) in [4.78, 5) is 17.5. The molecule has 8 heteroatoms. The third-order valence-electron chi connectivity index (χ3n) is 6.07. The molecule has 1 saturated carbocycles. The van der Waals surface area contributed by atoms with Gasteiger partial charge in [0.25, 0.3) is 0 Å². The van der Waals surface area contributed by atoms with Crippen LogP contribution >= 0.6 is 0 Å². The molecule has 6 nitrogen and oxygen atoms in total.